The number of amides is 4. The number of imide groups is 1. The topological polar surface area (TPSA) is 160 Å². The van der Waals surface area contributed by atoms with Crippen molar-refractivity contribution in [2.75, 3.05) is 4.90 Å². The van der Waals surface area contributed by atoms with Crippen molar-refractivity contribution in [3.05, 3.63) is 101 Å². The van der Waals surface area contributed by atoms with Crippen molar-refractivity contribution in [3.8, 4) is 0 Å². The first-order valence-corrected chi connectivity index (χ1v) is 13.8. The second-order valence-corrected chi connectivity index (χ2v) is 10.8. The Bertz CT molecular complexity index is 1800. The summed E-state index contributed by atoms with van der Waals surface area (Å²) < 4.78 is 0. The average Bonchev–Trinajstić information content (AvgIpc) is 3.48. The third-order valence-electron chi connectivity index (χ3n) is 8.08. The zero-order chi connectivity index (χ0) is 30.4. The lowest BCUT2D eigenvalue weighted by Gasteiger charge is -2.36. The summed E-state index contributed by atoms with van der Waals surface area (Å²) in [4.78, 5) is 70.4. The molecule has 4 N–H and O–H groups in total. The van der Waals surface area contributed by atoms with Gasteiger partial charge in [-0.05, 0) is 42.7 Å². The number of benzene rings is 3. The lowest BCUT2D eigenvalue weighted by atomic mass is 9.88. The SMILES string of the molecule is Cc1ccc([C@H]2c3[nH]c4ccccc4c3C[C@H]3C(=O)N(c4ccccc4C(=O)N[C@@H](CCC(=O)O)C(=O)O)C(=O)N23)cc1. The fourth-order valence-corrected chi connectivity index (χ4v) is 6.01. The predicted octanol–water partition coefficient (Wildman–Crippen LogP) is 4.01. The van der Waals surface area contributed by atoms with Crippen LogP contribution in [0.1, 0.15) is 51.6 Å². The molecule has 11 nitrogen and oxygen atoms in total. The zero-order valence-corrected chi connectivity index (χ0v) is 23.1. The van der Waals surface area contributed by atoms with Gasteiger partial charge in [0.1, 0.15) is 18.1 Å². The molecule has 3 atom stereocenters. The quantitative estimate of drug-likeness (QED) is 0.229. The number of H-pyrrole nitrogens is 1. The van der Waals surface area contributed by atoms with Crippen LogP contribution in [0.2, 0.25) is 0 Å². The van der Waals surface area contributed by atoms with E-state index in [9.17, 15) is 29.1 Å². The van der Waals surface area contributed by atoms with E-state index in [0.717, 1.165) is 38.2 Å². The van der Waals surface area contributed by atoms with Gasteiger partial charge in [-0.3, -0.25) is 19.3 Å². The van der Waals surface area contributed by atoms with Gasteiger partial charge in [-0.15, -0.1) is 0 Å². The third kappa shape index (κ3) is 4.78. The van der Waals surface area contributed by atoms with E-state index in [-0.39, 0.29) is 24.1 Å². The summed E-state index contributed by atoms with van der Waals surface area (Å²) in [5.74, 6) is -3.94. The molecule has 0 saturated carbocycles. The van der Waals surface area contributed by atoms with Gasteiger partial charge in [0.15, 0.2) is 0 Å². The molecule has 2 aliphatic heterocycles. The van der Waals surface area contributed by atoms with Gasteiger partial charge in [0.25, 0.3) is 11.8 Å². The van der Waals surface area contributed by atoms with Crippen LogP contribution in [0.3, 0.4) is 0 Å². The van der Waals surface area contributed by atoms with Gasteiger partial charge in [0.05, 0.1) is 11.3 Å². The normalized spacial score (nSPS) is 18.3. The fraction of sp³-hybridized carbons (Fsp3) is 0.219. The van der Waals surface area contributed by atoms with Crippen LogP contribution in [-0.4, -0.2) is 62.0 Å². The summed E-state index contributed by atoms with van der Waals surface area (Å²) >= 11 is 0. The van der Waals surface area contributed by atoms with Crippen LogP contribution in [-0.2, 0) is 20.8 Å². The molecule has 2 aliphatic rings. The molecule has 1 aromatic heterocycles. The highest BCUT2D eigenvalue weighted by Gasteiger charge is 2.53. The number of nitrogens with one attached hydrogen (secondary N) is 2. The van der Waals surface area contributed by atoms with E-state index in [0.29, 0.717) is 0 Å². The largest absolute Gasteiger partial charge is 0.481 e. The van der Waals surface area contributed by atoms with Gasteiger partial charge in [0, 0.05) is 29.4 Å². The molecule has 6 rings (SSSR count). The first-order chi connectivity index (χ1) is 20.7. The van der Waals surface area contributed by atoms with Crippen molar-refractivity contribution in [2.24, 2.45) is 0 Å². The Hall–Kier alpha value is -5.45. The van der Waals surface area contributed by atoms with Crippen LogP contribution in [0, 0.1) is 6.92 Å². The number of aromatic amines is 1. The van der Waals surface area contributed by atoms with Crippen molar-refractivity contribution in [2.45, 2.75) is 44.3 Å². The molecule has 3 heterocycles. The number of carbonyl (C=O) groups is 5. The Morgan fingerprint density at radius 2 is 1.67 bits per heavy atom. The van der Waals surface area contributed by atoms with Crippen molar-refractivity contribution in [3.63, 3.8) is 0 Å². The predicted molar refractivity (Wildman–Crippen MR) is 156 cm³/mol. The van der Waals surface area contributed by atoms with Crippen LogP contribution >= 0.6 is 0 Å². The molecule has 1 saturated heterocycles. The van der Waals surface area contributed by atoms with Crippen molar-refractivity contribution >= 4 is 46.4 Å². The van der Waals surface area contributed by atoms with Gasteiger partial charge < -0.3 is 20.5 Å². The van der Waals surface area contributed by atoms with Crippen molar-refractivity contribution in [1.29, 1.82) is 0 Å². The molecule has 218 valence electrons. The maximum atomic E-state index is 14.2. The van der Waals surface area contributed by atoms with Crippen molar-refractivity contribution in [1.82, 2.24) is 15.2 Å². The fourth-order valence-electron chi connectivity index (χ4n) is 6.01. The zero-order valence-electron chi connectivity index (χ0n) is 23.1. The van der Waals surface area contributed by atoms with E-state index in [1.165, 1.54) is 18.2 Å². The highest BCUT2D eigenvalue weighted by Crippen LogP contribution is 2.45. The number of nitrogens with zero attached hydrogens (tertiary/aromatic N) is 2. The monoisotopic (exact) mass is 580 g/mol. The Kier molecular flexibility index (Phi) is 6.93. The number of aromatic nitrogens is 1. The molecule has 0 bridgehead atoms. The van der Waals surface area contributed by atoms with E-state index >= 15 is 0 Å². The van der Waals surface area contributed by atoms with Crippen molar-refractivity contribution < 1.29 is 34.2 Å². The molecule has 4 aromatic rings. The molecule has 0 spiro atoms. The smallest absolute Gasteiger partial charge is 0.332 e. The molecule has 0 unspecified atom stereocenters. The minimum absolute atomic E-state index is 0.0166. The maximum absolute atomic E-state index is 14.2. The van der Waals surface area contributed by atoms with E-state index in [4.69, 9.17) is 5.11 Å². The van der Waals surface area contributed by atoms with Gasteiger partial charge in [-0.25, -0.2) is 14.5 Å². The second kappa shape index (κ2) is 10.8. The van der Waals surface area contributed by atoms with Gasteiger partial charge in [-0.2, -0.15) is 0 Å². The summed E-state index contributed by atoms with van der Waals surface area (Å²) in [6, 6.07) is 18.0. The summed E-state index contributed by atoms with van der Waals surface area (Å²) in [5.41, 5.74) is 4.46. The highest BCUT2D eigenvalue weighted by atomic mass is 16.4. The number of fused-ring (bicyclic) bond motifs is 4. The summed E-state index contributed by atoms with van der Waals surface area (Å²) in [5, 5.41) is 21.8. The number of urea groups is 1. The first kappa shape index (κ1) is 27.7. The molecule has 43 heavy (non-hydrogen) atoms. The summed E-state index contributed by atoms with van der Waals surface area (Å²) in [6.45, 7) is 1.96. The van der Waals surface area contributed by atoms with Crippen LogP contribution in [0.4, 0.5) is 10.5 Å². The lowest BCUT2D eigenvalue weighted by molar-refractivity contribution is -0.140. The number of rotatable bonds is 8. The van der Waals surface area contributed by atoms with Crippen LogP contribution < -0.4 is 10.2 Å². The van der Waals surface area contributed by atoms with E-state index in [1.807, 2.05) is 55.5 Å². The van der Waals surface area contributed by atoms with E-state index in [2.05, 4.69) is 10.3 Å². The molecule has 4 amide bonds. The molecule has 0 radical (unpaired) electrons. The van der Waals surface area contributed by atoms with Crippen LogP contribution in [0.15, 0.2) is 72.8 Å². The second-order valence-electron chi connectivity index (χ2n) is 10.8. The number of hydrogen-bond acceptors (Lipinski definition) is 5. The number of para-hydroxylation sites is 2. The number of carboxylic acid groups (broad SMARTS) is 2. The number of carboxylic acids is 2. The molecule has 0 aliphatic carbocycles. The standard InChI is InChI=1S/C32H28N4O7/c1-17-10-12-18(13-11-17)28-27-21(19-6-2-4-8-22(19)33-27)16-25-30(40)36(32(43)35(25)28)24-9-5-3-7-20(24)29(39)34-23(31(41)42)14-15-26(37)38/h2-13,23,25,28,33H,14-16H2,1H3,(H,34,39)(H,37,38)(H,41,42)/t23-,25-,28-/m0/s1. The van der Waals surface area contributed by atoms with E-state index < -0.39 is 54.3 Å². The molecule has 3 aromatic carbocycles. The Balaban J connectivity index is 1.40. The Labute approximate surface area is 245 Å². The molecule has 11 heteroatoms. The van der Waals surface area contributed by atoms with Crippen LogP contribution in [0.25, 0.3) is 10.9 Å². The number of aryl methyl sites for hydroxylation is 1. The minimum atomic E-state index is -1.47. The Morgan fingerprint density at radius 3 is 2.40 bits per heavy atom. The van der Waals surface area contributed by atoms with Gasteiger partial charge in [0.2, 0.25) is 0 Å². The summed E-state index contributed by atoms with van der Waals surface area (Å²) in [6.07, 6.45) is -0.527. The third-order valence-corrected chi connectivity index (χ3v) is 8.08. The van der Waals surface area contributed by atoms with E-state index in [1.54, 1.807) is 11.0 Å². The first-order valence-electron chi connectivity index (χ1n) is 13.8. The number of carbonyl (C=O) groups excluding carboxylic acids is 3. The highest BCUT2D eigenvalue weighted by molar-refractivity contribution is 6.24. The average molecular weight is 581 g/mol. The summed E-state index contributed by atoms with van der Waals surface area (Å²) in [7, 11) is 0. The maximum Gasteiger partial charge on any atom is 0.332 e. The lowest BCUT2D eigenvalue weighted by Crippen LogP contribution is -2.44. The van der Waals surface area contributed by atoms with Gasteiger partial charge >= 0.3 is 18.0 Å². The Morgan fingerprint density at radius 1 is 0.977 bits per heavy atom. The molecular weight excluding hydrogens is 552 g/mol. The molecule has 1 fully saturated rings. The minimum Gasteiger partial charge on any atom is -0.481 e. The van der Waals surface area contributed by atoms with Gasteiger partial charge in [-0.1, -0.05) is 60.2 Å². The van der Waals surface area contributed by atoms with Crippen LogP contribution in [0.5, 0.6) is 0 Å². The number of aliphatic carboxylic acids is 2. The number of hydrogen-bond donors (Lipinski definition) is 4. The number of anilines is 1. The molecular formula is C32H28N4O7.